The minimum atomic E-state index is -2.05. The number of hydrogen-bond acceptors (Lipinski definition) is 5. The molecule has 2 rings (SSSR count). The molecule has 1 atom stereocenters. The molecular weight excluding hydrogens is 312 g/mol. The Morgan fingerprint density at radius 3 is 2.65 bits per heavy atom. The van der Waals surface area contributed by atoms with Crippen molar-refractivity contribution in [3.63, 3.8) is 0 Å². The summed E-state index contributed by atoms with van der Waals surface area (Å²) in [6, 6.07) is 3.07. The lowest BCUT2D eigenvalue weighted by Crippen LogP contribution is -2.43. The summed E-state index contributed by atoms with van der Waals surface area (Å²) in [7, 11) is -2.05. The monoisotopic (exact) mass is 338 g/mol. The van der Waals surface area contributed by atoms with Crippen molar-refractivity contribution in [1.29, 1.82) is 0 Å². The summed E-state index contributed by atoms with van der Waals surface area (Å²) >= 11 is 0. The van der Waals surface area contributed by atoms with E-state index in [1.165, 1.54) is 6.07 Å². The average Bonchev–Trinajstić information content (AvgIpc) is 2.42. The van der Waals surface area contributed by atoms with Gasteiger partial charge in [0.05, 0.1) is 11.8 Å². The molecule has 6 nitrogen and oxygen atoms in total. The molecule has 1 aromatic carbocycles. The van der Waals surface area contributed by atoms with Crippen LogP contribution in [0.25, 0.3) is 0 Å². The van der Waals surface area contributed by atoms with E-state index < -0.39 is 14.4 Å². The minimum Gasteiger partial charge on any atom is -0.508 e. The maximum Gasteiger partial charge on any atom is 0.262 e. The molecule has 1 heterocycles. The first-order chi connectivity index (χ1) is 10.5. The van der Waals surface area contributed by atoms with E-state index in [4.69, 9.17) is 14.9 Å². The van der Waals surface area contributed by atoms with Crippen molar-refractivity contribution < 1.29 is 19.1 Å². The van der Waals surface area contributed by atoms with Crippen molar-refractivity contribution in [3.8, 4) is 11.5 Å². The van der Waals surface area contributed by atoms with Crippen LogP contribution < -0.4 is 15.8 Å². The summed E-state index contributed by atoms with van der Waals surface area (Å²) in [4.78, 5) is 11.5. The topological polar surface area (TPSA) is 93.8 Å². The molecule has 0 aromatic heterocycles. The lowest BCUT2D eigenvalue weighted by Gasteiger charge is -2.39. The molecule has 128 valence electrons. The van der Waals surface area contributed by atoms with Gasteiger partial charge in [-0.05, 0) is 24.2 Å². The van der Waals surface area contributed by atoms with Crippen LogP contribution in [0.2, 0.25) is 18.1 Å². The van der Waals surface area contributed by atoms with Gasteiger partial charge in [-0.3, -0.25) is 4.79 Å². The number of hydrogen-bond donors (Lipinski definition) is 3. The van der Waals surface area contributed by atoms with Crippen molar-refractivity contribution in [1.82, 2.24) is 0 Å². The van der Waals surface area contributed by atoms with E-state index in [1.807, 2.05) is 0 Å². The van der Waals surface area contributed by atoms with Crippen molar-refractivity contribution in [2.75, 3.05) is 18.5 Å². The second-order valence-corrected chi connectivity index (χ2v) is 12.1. The van der Waals surface area contributed by atoms with Gasteiger partial charge in [0.2, 0.25) is 0 Å². The highest BCUT2D eigenvalue weighted by atomic mass is 28.4. The fraction of sp³-hybridized carbons (Fsp3) is 0.562. The van der Waals surface area contributed by atoms with Gasteiger partial charge in [-0.2, -0.15) is 0 Å². The molecule has 0 aliphatic carbocycles. The predicted octanol–water partition coefficient (Wildman–Crippen LogP) is 2.74. The summed E-state index contributed by atoms with van der Waals surface area (Å²) in [5.74, 6) is 0.321. The Hall–Kier alpha value is -1.57. The lowest BCUT2D eigenvalue weighted by atomic mass is 10.1. The largest absolute Gasteiger partial charge is 0.508 e. The van der Waals surface area contributed by atoms with Crippen molar-refractivity contribution in [3.05, 3.63) is 17.7 Å². The number of carbonyl (C=O) groups excluding carboxylic acids is 1. The van der Waals surface area contributed by atoms with E-state index in [9.17, 15) is 9.90 Å². The third-order valence-corrected chi connectivity index (χ3v) is 9.01. The van der Waals surface area contributed by atoms with Crippen LogP contribution in [0.5, 0.6) is 11.5 Å². The quantitative estimate of drug-likeness (QED) is 0.734. The van der Waals surface area contributed by atoms with Gasteiger partial charge in [0.1, 0.15) is 11.5 Å². The lowest BCUT2D eigenvalue weighted by molar-refractivity contribution is -0.118. The Balaban J connectivity index is 2.41. The highest BCUT2D eigenvalue weighted by Gasteiger charge is 2.40. The second kappa shape index (κ2) is 6.14. The number of amides is 1. The van der Waals surface area contributed by atoms with Gasteiger partial charge in [0.25, 0.3) is 5.91 Å². The van der Waals surface area contributed by atoms with Crippen LogP contribution in [0.4, 0.5) is 5.69 Å². The van der Waals surface area contributed by atoms with Crippen LogP contribution in [0, 0.1) is 0 Å². The number of nitrogens with one attached hydrogen (secondary N) is 1. The normalized spacial score (nSPS) is 16.3. The molecule has 7 heteroatoms. The SMILES string of the molecule is CC(C)(C)[Si](C)(C)OC(CN)c1cc(O)cc2c1OCC(=O)N2. The standard InChI is InChI=1S/C16H26N2O4Si/c1-16(2,3)23(4,5)22-13(8-17)11-6-10(19)7-12-15(11)21-9-14(20)18-12/h6-7,13,19H,8-9,17H2,1-5H3,(H,18,20). The van der Waals surface area contributed by atoms with Gasteiger partial charge in [-0.1, -0.05) is 20.8 Å². The molecule has 1 aliphatic rings. The Morgan fingerprint density at radius 1 is 1.43 bits per heavy atom. The molecular formula is C16H26N2O4Si. The van der Waals surface area contributed by atoms with Crippen LogP contribution in [0.3, 0.4) is 0 Å². The fourth-order valence-electron chi connectivity index (χ4n) is 2.22. The number of benzene rings is 1. The summed E-state index contributed by atoms with van der Waals surface area (Å²) in [5, 5.41) is 12.7. The molecule has 0 saturated carbocycles. The van der Waals surface area contributed by atoms with Gasteiger partial charge in [0, 0.05) is 18.2 Å². The smallest absolute Gasteiger partial charge is 0.262 e. The van der Waals surface area contributed by atoms with Crippen LogP contribution >= 0.6 is 0 Å². The highest BCUT2D eigenvalue weighted by molar-refractivity contribution is 6.74. The zero-order valence-electron chi connectivity index (χ0n) is 14.4. The molecule has 0 radical (unpaired) electrons. The number of phenols is 1. The molecule has 1 unspecified atom stereocenters. The predicted molar refractivity (Wildman–Crippen MR) is 92.3 cm³/mol. The number of phenolic OH excluding ortho intramolecular Hbond substituents is 1. The third-order valence-electron chi connectivity index (χ3n) is 4.53. The molecule has 1 aromatic rings. The second-order valence-electron chi connectivity index (χ2n) is 7.35. The van der Waals surface area contributed by atoms with E-state index in [2.05, 4.69) is 39.2 Å². The Bertz CT molecular complexity index is 611. The van der Waals surface area contributed by atoms with E-state index in [0.29, 0.717) is 17.0 Å². The van der Waals surface area contributed by atoms with Gasteiger partial charge < -0.3 is 25.3 Å². The Labute approximate surface area is 138 Å². The molecule has 0 bridgehead atoms. The first kappa shape index (κ1) is 17.8. The van der Waals surface area contributed by atoms with Crippen molar-refractivity contribution >= 4 is 19.9 Å². The summed E-state index contributed by atoms with van der Waals surface area (Å²) in [6.07, 6.45) is -0.397. The number of fused-ring (bicyclic) bond motifs is 1. The van der Waals surface area contributed by atoms with Crippen LogP contribution in [-0.4, -0.2) is 32.5 Å². The van der Waals surface area contributed by atoms with Crippen LogP contribution in [0.15, 0.2) is 12.1 Å². The zero-order chi connectivity index (χ0) is 17.4. The Kier molecular flexibility index (Phi) is 4.75. The van der Waals surface area contributed by atoms with Crippen molar-refractivity contribution in [2.24, 2.45) is 5.73 Å². The molecule has 0 fully saturated rings. The highest BCUT2D eigenvalue weighted by Crippen LogP contribution is 2.44. The van der Waals surface area contributed by atoms with E-state index in [1.54, 1.807) is 6.07 Å². The van der Waals surface area contributed by atoms with Crippen LogP contribution in [0.1, 0.15) is 32.4 Å². The first-order valence-corrected chi connectivity index (χ1v) is 10.6. The molecule has 0 spiro atoms. The summed E-state index contributed by atoms with van der Waals surface area (Å²) < 4.78 is 12.0. The number of rotatable bonds is 4. The van der Waals surface area contributed by atoms with Gasteiger partial charge in [-0.25, -0.2) is 0 Å². The fourth-order valence-corrected chi connectivity index (χ4v) is 3.51. The number of aromatic hydroxyl groups is 1. The average molecular weight is 338 g/mol. The molecule has 23 heavy (non-hydrogen) atoms. The number of nitrogens with two attached hydrogens (primary N) is 1. The molecule has 0 saturated heterocycles. The zero-order valence-corrected chi connectivity index (χ0v) is 15.4. The van der Waals surface area contributed by atoms with E-state index >= 15 is 0 Å². The molecule has 1 amide bonds. The molecule has 4 N–H and O–H groups in total. The van der Waals surface area contributed by atoms with E-state index in [-0.39, 0.29) is 29.8 Å². The van der Waals surface area contributed by atoms with Crippen molar-refractivity contribution in [2.45, 2.75) is 45.0 Å². The number of carbonyl (C=O) groups is 1. The number of ether oxygens (including phenoxy) is 1. The van der Waals surface area contributed by atoms with Gasteiger partial charge in [-0.15, -0.1) is 0 Å². The number of anilines is 1. The van der Waals surface area contributed by atoms with Crippen LogP contribution in [-0.2, 0) is 9.22 Å². The first-order valence-electron chi connectivity index (χ1n) is 7.72. The third kappa shape index (κ3) is 3.68. The minimum absolute atomic E-state index is 0.0341. The van der Waals surface area contributed by atoms with Gasteiger partial charge >= 0.3 is 0 Å². The maximum atomic E-state index is 11.5. The molecule has 1 aliphatic heterocycles. The van der Waals surface area contributed by atoms with E-state index in [0.717, 1.165) is 0 Å². The van der Waals surface area contributed by atoms with Gasteiger partial charge in [0.15, 0.2) is 14.9 Å². The summed E-state index contributed by atoms with van der Waals surface area (Å²) in [5.41, 5.74) is 7.06. The Morgan fingerprint density at radius 2 is 2.09 bits per heavy atom. The summed E-state index contributed by atoms with van der Waals surface area (Å²) in [6.45, 7) is 11.0. The maximum absolute atomic E-state index is 11.5.